The van der Waals surface area contributed by atoms with E-state index in [0.717, 1.165) is 10.5 Å². The summed E-state index contributed by atoms with van der Waals surface area (Å²) in [5.41, 5.74) is 0.977. The van der Waals surface area contributed by atoms with Crippen molar-refractivity contribution >= 4 is 29.3 Å². The Bertz CT molecular complexity index is 780. The van der Waals surface area contributed by atoms with Crippen LogP contribution in [-0.4, -0.2) is 41.1 Å². The molecule has 0 aliphatic carbocycles. The first-order chi connectivity index (χ1) is 13.0. The van der Waals surface area contributed by atoms with Crippen LogP contribution in [0, 0.1) is 10.1 Å². The average molecular weight is 388 g/mol. The van der Waals surface area contributed by atoms with Crippen molar-refractivity contribution in [2.24, 2.45) is 0 Å². The van der Waals surface area contributed by atoms with Crippen LogP contribution < -0.4 is 0 Å². The zero-order valence-corrected chi connectivity index (χ0v) is 15.7. The third kappa shape index (κ3) is 6.74. The smallest absolute Gasteiger partial charge is 0.307 e. The molecule has 0 bridgehead atoms. The number of carbonyl (C=O) groups is 2. The molecular weight excluding hydrogens is 368 g/mol. The second kappa shape index (κ2) is 10.3. The summed E-state index contributed by atoms with van der Waals surface area (Å²) in [7, 11) is 1.32. The van der Waals surface area contributed by atoms with Gasteiger partial charge in [-0.25, -0.2) is 0 Å². The van der Waals surface area contributed by atoms with Gasteiger partial charge in [0.1, 0.15) is 0 Å². The van der Waals surface area contributed by atoms with Crippen LogP contribution in [0.1, 0.15) is 12.0 Å². The molecule has 8 heteroatoms. The molecule has 1 amide bonds. The minimum absolute atomic E-state index is 0.00876. The van der Waals surface area contributed by atoms with Gasteiger partial charge in [0.2, 0.25) is 5.91 Å². The Morgan fingerprint density at radius 3 is 2.37 bits per heavy atom. The number of carbonyl (C=O) groups excluding carboxylic acids is 2. The lowest BCUT2D eigenvalue weighted by Crippen LogP contribution is -2.34. The number of ether oxygens (including phenoxy) is 1. The highest BCUT2D eigenvalue weighted by Gasteiger charge is 2.16. The van der Waals surface area contributed by atoms with E-state index in [-0.39, 0.29) is 36.3 Å². The quantitative estimate of drug-likeness (QED) is 0.283. The van der Waals surface area contributed by atoms with E-state index in [2.05, 4.69) is 4.74 Å². The molecule has 0 unspecified atom stereocenters. The van der Waals surface area contributed by atoms with Gasteiger partial charge in [-0.1, -0.05) is 30.3 Å². The number of rotatable bonds is 9. The summed E-state index contributed by atoms with van der Waals surface area (Å²) in [4.78, 5) is 36.7. The molecule has 0 spiro atoms. The fraction of sp³-hybridized carbons (Fsp3) is 0.263. The van der Waals surface area contributed by atoms with Crippen LogP contribution in [0.2, 0.25) is 0 Å². The standard InChI is InChI=1S/C19H20N2O5S/c1-26-19(23)11-12-20(13-15-5-3-2-4-6-15)18(22)14-27-17-9-7-16(8-10-17)21(24)25/h2-10H,11-14H2,1H3. The van der Waals surface area contributed by atoms with Gasteiger partial charge in [-0.2, -0.15) is 0 Å². The first-order valence-electron chi connectivity index (χ1n) is 8.25. The van der Waals surface area contributed by atoms with Crippen LogP contribution in [0.15, 0.2) is 59.5 Å². The molecule has 0 fully saturated rings. The van der Waals surface area contributed by atoms with Crippen molar-refractivity contribution in [2.45, 2.75) is 17.9 Å². The van der Waals surface area contributed by atoms with Crippen LogP contribution >= 0.6 is 11.8 Å². The molecule has 142 valence electrons. The van der Waals surface area contributed by atoms with E-state index >= 15 is 0 Å². The number of methoxy groups -OCH3 is 1. The molecule has 0 radical (unpaired) electrons. The molecule has 0 atom stereocenters. The maximum atomic E-state index is 12.6. The van der Waals surface area contributed by atoms with E-state index in [0.29, 0.717) is 6.54 Å². The highest BCUT2D eigenvalue weighted by molar-refractivity contribution is 8.00. The Hall–Kier alpha value is -2.87. The minimum atomic E-state index is -0.464. The summed E-state index contributed by atoms with van der Waals surface area (Å²) < 4.78 is 4.65. The molecular formula is C19H20N2O5S. The number of amides is 1. The van der Waals surface area contributed by atoms with E-state index < -0.39 is 4.92 Å². The van der Waals surface area contributed by atoms with Crippen molar-refractivity contribution in [2.75, 3.05) is 19.4 Å². The molecule has 0 saturated carbocycles. The SMILES string of the molecule is COC(=O)CCN(Cc1ccccc1)C(=O)CSc1ccc([N+](=O)[O-])cc1. The lowest BCUT2D eigenvalue weighted by Gasteiger charge is -2.22. The molecule has 0 N–H and O–H groups in total. The van der Waals surface area contributed by atoms with Gasteiger partial charge in [-0.15, -0.1) is 11.8 Å². The number of non-ortho nitro benzene ring substituents is 1. The number of hydrogen-bond donors (Lipinski definition) is 0. The number of esters is 1. The Morgan fingerprint density at radius 1 is 1.11 bits per heavy atom. The minimum Gasteiger partial charge on any atom is -0.469 e. The Morgan fingerprint density at radius 2 is 1.78 bits per heavy atom. The number of thioether (sulfide) groups is 1. The summed E-state index contributed by atoms with van der Waals surface area (Å²) in [6.07, 6.45) is 0.122. The maximum absolute atomic E-state index is 12.6. The van der Waals surface area contributed by atoms with E-state index in [4.69, 9.17) is 0 Å². The summed E-state index contributed by atoms with van der Waals surface area (Å²) in [6, 6.07) is 15.6. The van der Waals surface area contributed by atoms with Crippen molar-refractivity contribution in [1.82, 2.24) is 4.90 Å². The van der Waals surface area contributed by atoms with Gasteiger partial charge in [-0.05, 0) is 17.7 Å². The highest BCUT2D eigenvalue weighted by Crippen LogP contribution is 2.22. The van der Waals surface area contributed by atoms with Crippen LogP contribution in [0.4, 0.5) is 5.69 Å². The molecule has 2 aromatic rings. The third-order valence-electron chi connectivity index (χ3n) is 3.79. The van der Waals surface area contributed by atoms with Gasteiger partial charge in [0, 0.05) is 30.1 Å². The second-order valence-corrected chi connectivity index (χ2v) is 6.72. The third-order valence-corrected chi connectivity index (χ3v) is 4.79. The molecule has 0 heterocycles. The van der Waals surface area contributed by atoms with Gasteiger partial charge in [-0.3, -0.25) is 19.7 Å². The molecule has 2 rings (SSSR count). The van der Waals surface area contributed by atoms with E-state index in [1.54, 1.807) is 17.0 Å². The highest BCUT2D eigenvalue weighted by atomic mass is 32.2. The Balaban J connectivity index is 1.98. The number of nitro benzene ring substituents is 1. The summed E-state index contributed by atoms with van der Waals surface area (Å²) in [5, 5.41) is 10.7. The summed E-state index contributed by atoms with van der Waals surface area (Å²) in [6.45, 7) is 0.665. The van der Waals surface area contributed by atoms with Gasteiger partial charge >= 0.3 is 5.97 Å². The number of nitro groups is 1. The second-order valence-electron chi connectivity index (χ2n) is 5.67. The lowest BCUT2D eigenvalue weighted by atomic mass is 10.2. The van der Waals surface area contributed by atoms with Crippen molar-refractivity contribution < 1.29 is 19.2 Å². The summed E-state index contributed by atoms with van der Waals surface area (Å²) in [5.74, 6) is -0.318. The topological polar surface area (TPSA) is 89.8 Å². The Kier molecular flexibility index (Phi) is 7.81. The van der Waals surface area contributed by atoms with Gasteiger partial charge < -0.3 is 9.64 Å². The van der Waals surface area contributed by atoms with E-state index in [1.165, 1.54) is 31.0 Å². The number of nitrogens with zero attached hydrogens (tertiary/aromatic N) is 2. The van der Waals surface area contributed by atoms with E-state index in [9.17, 15) is 19.7 Å². The summed E-state index contributed by atoms with van der Waals surface area (Å²) >= 11 is 1.30. The van der Waals surface area contributed by atoms with Crippen molar-refractivity contribution in [3.05, 3.63) is 70.3 Å². The first-order valence-corrected chi connectivity index (χ1v) is 9.24. The normalized spacial score (nSPS) is 10.3. The fourth-order valence-electron chi connectivity index (χ4n) is 2.32. The van der Waals surface area contributed by atoms with Crippen LogP contribution in [-0.2, 0) is 20.9 Å². The van der Waals surface area contributed by atoms with Crippen LogP contribution in [0.3, 0.4) is 0 Å². The molecule has 0 saturated heterocycles. The van der Waals surface area contributed by atoms with Gasteiger partial charge in [0.15, 0.2) is 0 Å². The predicted octanol–water partition coefficient (Wildman–Crippen LogP) is 3.28. The largest absolute Gasteiger partial charge is 0.469 e. The van der Waals surface area contributed by atoms with E-state index in [1.807, 2.05) is 30.3 Å². The maximum Gasteiger partial charge on any atom is 0.307 e. The molecule has 2 aromatic carbocycles. The molecule has 0 aliphatic rings. The monoisotopic (exact) mass is 388 g/mol. The van der Waals surface area contributed by atoms with Crippen molar-refractivity contribution in [3.8, 4) is 0 Å². The lowest BCUT2D eigenvalue weighted by molar-refractivity contribution is -0.384. The average Bonchev–Trinajstić information content (AvgIpc) is 2.70. The predicted molar refractivity (Wildman–Crippen MR) is 102 cm³/mol. The van der Waals surface area contributed by atoms with Crippen molar-refractivity contribution in [1.29, 1.82) is 0 Å². The fourth-order valence-corrected chi connectivity index (χ4v) is 3.13. The molecule has 0 aliphatic heterocycles. The van der Waals surface area contributed by atoms with Crippen molar-refractivity contribution in [3.63, 3.8) is 0 Å². The van der Waals surface area contributed by atoms with Crippen LogP contribution in [0.25, 0.3) is 0 Å². The zero-order chi connectivity index (χ0) is 19.6. The zero-order valence-electron chi connectivity index (χ0n) is 14.9. The molecule has 27 heavy (non-hydrogen) atoms. The number of benzene rings is 2. The Labute approximate surface area is 161 Å². The van der Waals surface area contributed by atoms with Gasteiger partial charge in [0.25, 0.3) is 5.69 Å². The number of hydrogen-bond acceptors (Lipinski definition) is 6. The van der Waals surface area contributed by atoms with Gasteiger partial charge in [0.05, 0.1) is 24.2 Å². The van der Waals surface area contributed by atoms with Crippen LogP contribution in [0.5, 0.6) is 0 Å². The molecule has 0 aromatic heterocycles. The first kappa shape index (κ1) is 20.4. The molecule has 7 nitrogen and oxygen atoms in total.